The molecule has 124 valence electrons. The number of para-hydroxylation sites is 1. The summed E-state index contributed by atoms with van der Waals surface area (Å²) in [7, 11) is 0. The molecule has 0 radical (unpaired) electrons. The summed E-state index contributed by atoms with van der Waals surface area (Å²) in [6, 6.07) is 10.7. The third kappa shape index (κ3) is 2.46. The summed E-state index contributed by atoms with van der Waals surface area (Å²) < 4.78 is 5.12. The topological polar surface area (TPSA) is 79.8 Å². The number of hydrogen-bond acceptors (Lipinski definition) is 5. The Labute approximate surface area is 138 Å². The number of furan rings is 1. The number of rotatable bonds is 2. The third-order valence-corrected chi connectivity index (χ3v) is 4.78. The lowest BCUT2D eigenvalue weighted by molar-refractivity contribution is -0.402. The van der Waals surface area contributed by atoms with Crippen LogP contribution in [0.5, 0.6) is 0 Å². The first kappa shape index (κ1) is 14.9. The average molecular weight is 327 g/mol. The fourth-order valence-electron chi connectivity index (χ4n) is 3.61. The van der Waals surface area contributed by atoms with Crippen LogP contribution in [0.15, 0.2) is 40.8 Å². The maximum Gasteiger partial charge on any atom is 0.433 e. The van der Waals surface area contributed by atoms with E-state index in [-0.39, 0.29) is 11.7 Å². The van der Waals surface area contributed by atoms with E-state index in [9.17, 15) is 14.9 Å². The van der Waals surface area contributed by atoms with Crippen molar-refractivity contribution in [3.63, 3.8) is 0 Å². The number of hydrogen-bond donors (Lipinski definition) is 0. The summed E-state index contributed by atoms with van der Waals surface area (Å²) in [5.41, 5.74) is 1.95. The number of nitro groups is 1. The van der Waals surface area contributed by atoms with Gasteiger partial charge in [0.25, 0.3) is 5.91 Å². The molecule has 2 aliphatic heterocycles. The van der Waals surface area contributed by atoms with Gasteiger partial charge in [-0.15, -0.1) is 0 Å². The molecule has 1 aromatic heterocycles. The molecule has 0 spiro atoms. The van der Waals surface area contributed by atoms with Gasteiger partial charge in [0.1, 0.15) is 4.92 Å². The molecule has 7 heteroatoms. The Hall–Kier alpha value is -2.67. The van der Waals surface area contributed by atoms with Crippen molar-refractivity contribution in [2.24, 2.45) is 0 Å². The maximum absolute atomic E-state index is 12.9. The minimum Gasteiger partial charge on any atom is -0.395 e. The monoisotopic (exact) mass is 327 g/mol. The highest BCUT2D eigenvalue weighted by Gasteiger charge is 2.34. The van der Waals surface area contributed by atoms with Crippen molar-refractivity contribution < 1.29 is 14.1 Å². The second-order valence-electron chi connectivity index (χ2n) is 6.21. The van der Waals surface area contributed by atoms with Crippen molar-refractivity contribution in [2.75, 3.05) is 18.0 Å². The first-order valence-electron chi connectivity index (χ1n) is 8.01. The van der Waals surface area contributed by atoms with Crippen LogP contribution in [-0.4, -0.2) is 34.9 Å². The Morgan fingerprint density at radius 2 is 2.08 bits per heavy atom. The Bertz CT molecular complexity index is 801. The van der Waals surface area contributed by atoms with Gasteiger partial charge in [-0.1, -0.05) is 18.2 Å². The number of amides is 1. The van der Waals surface area contributed by atoms with Crippen LogP contribution in [0.25, 0.3) is 0 Å². The molecule has 3 heterocycles. The highest BCUT2D eigenvalue weighted by atomic mass is 16.6. The maximum atomic E-state index is 12.9. The number of carbonyl (C=O) groups is 1. The van der Waals surface area contributed by atoms with Crippen LogP contribution in [0.1, 0.15) is 29.0 Å². The summed E-state index contributed by atoms with van der Waals surface area (Å²) in [5, 5.41) is 10.8. The molecule has 2 aliphatic rings. The lowest BCUT2D eigenvalue weighted by Crippen LogP contribution is -2.40. The molecule has 0 aliphatic carbocycles. The van der Waals surface area contributed by atoms with E-state index in [1.807, 2.05) is 24.3 Å². The summed E-state index contributed by atoms with van der Waals surface area (Å²) in [6.07, 6.45) is 2.18. The molecule has 1 atom stereocenters. The zero-order valence-corrected chi connectivity index (χ0v) is 13.1. The van der Waals surface area contributed by atoms with Gasteiger partial charge < -0.3 is 9.32 Å². The molecule has 1 aromatic carbocycles. The fraction of sp³-hybridized carbons (Fsp3) is 0.353. The minimum absolute atomic E-state index is 0.00273. The second kappa shape index (κ2) is 5.76. The highest BCUT2D eigenvalue weighted by molar-refractivity contribution is 6.05. The summed E-state index contributed by atoms with van der Waals surface area (Å²) in [4.78, 5) is 27.2. The van der Waals surface area contributed by atoms with Crippen LogP contribution in [0.4, 0.5) is 11.6 Å². The van der Waals surface area contributed by atoms with Gasteiger partial charge >= 0.3 is 5.88 Å². The molecule has 1 amide bonds. The van der Waals surface area contributed by atoms with Crippen molar-refractivity contribution in [3.05, 3.63) is 57.8 Å². The van der Waals surface area contributed by atoms with E-state index in [0.717, 1.165) is 37.2 Å². The van der Waals surface area contributed by atoms with Gasteiger partial charge in [-0.05, 0) is 37.1 Å². The van der Waals surface area contributed by atoms with Gasteiger partial charge in [0.15, 0.2) is 5.76 Å². The van der Waals surface area contributed by atoms with E-state index in [2.05, 4.69) is 4.90 Å². The van der Waals surface area contributed by atoms with Crippen molar-refractivity contribution in [1.82, 2.24) is 4.90 Å². The lowest BCUT2D eigenvalue weighted by atomic mass is 10.1. The number of carbonyl (C=O) groups excluding carboxylic acids is 1. The largest absolute Gasteiger partial charge is 0.433 e. The normalized spacial score (nSPS) is 20.3. The fourth-order valence-corrected chi connectivity index (χ4v) is 3.61. The van der Waals surface area contributed by atoms with E-state index < -0.39 is 10.8 Å². The first-order valence-corrected chi connectivity index (χ1v) is 8.01. The molecule has 1 fully saturated rings. The number of benzene rings is 1. The number of anilines is 1. The SMILES string of the molecule is O=C(c1ccc([N+](=O)[O-])o1)N1C[C@H]2CCCN2Cc2ccccc21. The number of fused-ring (bicyclic) bond motifs is 2. The quantitative estimate of drug-likeness (QED) is 0.626. The predicted octanol–water partition coefficient (Wildman–Crippen LogP) is 2.81. The van der Waals surface area contributed by atoms with Crippen LogP contribution in [0.2, 0.25) is 0 Å². The van der Waals surface area contributed by atoms with Gasteiger partial charge in [-0.25, -0.2) is 0 Å². The summed E-state index contributed by atoms with van der Waals surface area (Å²) in [5.74, 6) is -0.740. The molecule has 0 saturated carbocycles. The molecule has 0 bridgehead atoms. The van der Waals surface area contributed by atoms with Crippen molar-refractivity contribution in [1.29, 1.82) is 0 Å². The summed E-state index contributed by atoms with van der Waals surface area (Å²) in [6.45, 7) is 2.43. The molecule has 2 aromatic rings. The lowest BCUT2D eigenvalue weighted by Gasteiger charge is -2.25. The average Bonchev–Trinajstić information content (AvgIpc) is 3.20. The Balaban J connectivity index is 1.71. The van der Waals surface area contributed by atoms with Crippen LogP contribution in [0.3, 0.4) is 0 Å². The second-order valence-corrected chi connectivity index (χ2v) is 6.21. The van der Waals surface area contributed by atoms with Crippen LogP contribution in [0, 0.1) is 10.1 Å². The van der Waals surface area contributed by atoms with Gasteiger partial charge in [0, 0.05) is 24.8 Å². The van der Waals surface area contributed by atoms with Crippen molar-refractivity contribution in [2.45, 2.75) is 25.4 Å². The first-order chi connectivity index (χ1) is 11.6. The molecule has 0 unspecified atom stereocenters. The molecule has 1 saturated heterocycles. The van der Waals surface area contributed by atoms with E-state index in [1.54, 1.807) is 4.90 Å². The van der Waals surface area contributed by atoms with Gasteiger partial charge in [0.05, 0.1) is 6.07 Å². The zero-order chi connectivity index (χ0) is 16.7. The Kier molecular flexibility index (Phi) is 3.57. The summed E-state index contributed by atoms with van der Waals surface area (Å²) >= 11 is 0. The molecule has 24 heavy (non-hydrogen) atoms. The van der Waals surface area contributed by atoms with E-state index in [4.69, 9.17) is 4.42 Å². The van der Waals surface area contributed by atoms with E-state index >= 15 is 0 Å². The van der Waals surface area contributed by atoms with Crippen molar-refractivity contribution in [3.8, 4) is 0 Å². The minimum atomic E-state index is -0.633. The Morgan fingerprint density at radius 3 is 2.88 bits per heavy atom. The molecule has 4 rings (SSSR count). The Morgan fingerprint density at radius 1 is 1.25 bits per heavy atom. The smallest absolute Gasteiger partial charge is 0.395 e. The van der Waals surface area contributed by atoms with Crippen LogP contribution < -0.4 is 4.90 Å². The van der Waals surface area contributed by atoms with Gasteiger partial charge in [-0.2, -0.15) is 0 Å². The highest BCUT2D eigenvalue weighted by Crippen LogP contribution is 2.32. The molecule has 7 nitrogen and oxygen atoms in total. The van der Waals surface area contributed by atoms with E-state index in [1.165, 1.54) is 12.1 Å². The predicted molar refractivity (Wildman–Crippen MR) is 86.9 cm³/mol. The number of nitrogens with zero attached hydrogens (tertiary/aromatic N) is 3. The standard InChI is InChI=1S/C17H17N3O4/c21-17(15-7-8-16(24-15)20(22)23)19-11-13-5-3-9-18(13)10-12-4-1-2-6-14(12)19/h1-2,4,6-8,13H,3,5,9-11H2/t13-/m1/s1. The van der Waals surface area contributed by atoms with Crippen molar-refractivity contribution >= 4 is 17.5 Å². The van der Waals surface area contributed by atoms with Gasteiger partial charge in [0.2, 0.25) is 0 Å². The third-order valence-electron chi connectivity index (χ3n) is 4.78. The molecular formula is C17H17N3O4. The van der Waals surface area contributed by atoms with E-state index in [0.29, 0.717) is 12.6 Å². The van der Waals surface area contributed by atoms with Gasteiger partial charge in [-0.3, -0.25) is 19.8 Å². The van der Waals surface area contributed by atoms with Crippen LogP contribution >= 0.6 is 0 Å². The van der Waals surface area contributed by atoms with Crippen LogP contribution in [-0.2, 0) is 6.54 Å². The molecule has 0 N–H and O–H groups in total. The zero-order valence-electron chi connectivity index (χ0n) is 13.1. The molecular weight excluding hydrogens is 310 g/mol.